The number of nitrogens with zero attached hydrogens (tertiary/aromatic N) is 1. The number of rotatable bonds is 2. The van der Waals surface area contributed by atoms with Crippen molar-refractivity contribution in [2.45, 2.75) is 71.8 Å². The summed E-state index contributed by atoms with van der Waals surface area (Å²) < 4.78 is 0. The van der Waals surface area contributed by atoms with Gasteiger partial charge in [0.05, 0.1) is 0 Å². The predicted octanol–water partition coefficient (Wildman–Crippen LogP) is 4.58. The second-order valence-corrected chi connectivity index (χ2v) is 8.51. The number of aromatic hydroxyl groups is 1. The van der Waals surface area contributed by atoms with Crippen LogP contribution < -0.4 is 0 Å². The molecule has 0 aromatic heterocycles. The number of hydrogen-bond acceptors (Lipinski definition) is 2. The zero-order valence-corrected chi connectivity index (χ0v) is 14.6. The van der Waals surface area contributed by atoms with Crippen molar-refractivity contribution in [3.05, 3.63) is 28.8 Å². The van der Waals surface area contributed by atoms with Crippen LogP contribution in [0.15, 0.2) is 12.1 Å². The van der Waals surface area contributed by atoms with E-state index in [9.17, 15) is 5.11 Å². The topological polar surface area (TPSA) is 23.5 Å². The molecule has 21 heavy (non-hydrogen) atoms. The van der Waals surface area contributed by atoms with Gasteiger partial charge in [-0.05, 0) is 47.9 Å². The minimum Gasteiger partial charge on any atom is -0.507 e. The Morgan fingerprint density at radius 1 is 0.952 bits per heavy atom. The van der Waals surface area contributed by atoms with Crippen LogP contribution in [0.5, 0.6) is 5.75 Å². The van der Waals surface area contributed by atoms with E-state index in [1.54, 1.807) is 0 Å². The number of benzene rings is 1. The van der Waals surface area contributed by atoms with Crippen molar-refractivity contribution in [3.63, 3.8) is 0 Å². The zero-order valence-electron chi connectivity index (χ0n) is 14.6. The summed E-state index contributed by atoms with van der Waals surface area (Å²) in [6.45, 7) is 16.4. The van der Waals surface area contributed by atoms with Gasteiger partial charge in [0, 0.05) is 12.1 Å². The van der Waals surface area contributed by atoms with E-state index in [-0.39, 0.29) is 10.8 Å². The van der Waals surface area contributed by atoms with Gasteiger partial charge in [-0.2, -0.15) is 0 Å². The van der Waals surface area contributed by atoms with Crippen molar-refractivity contribution in [2.75, 3.05) is 13.1 Å². The van der Waals surface area contributed by atoms with Crippen LogP contribution in [0.25, 0.3) is 0 Å². The van der Waals surface area contributed by atoms with Crippen LogP contribution in [0.4, 0.5) is 0 Å². The molecule has 2 heteroatoms. The summed E-state index contributed by atoms with van der Waals surface area (Å²) in [5.41, 5.74) is 3.55. The Kier molecular flexibility index (Phi) is 4.39. The average molecular weight is 289 g/mol. The molecule has 0 unspecified atom stereocenters. The maximum atomic E-state index is 10.7. The fraction of sp³-hybridized carbons (Fsp3) is 0.684. The van der Waals surface area contributed by atoms with Crippen LogP contribution in [-0.4, -0.2) is 23.1 Å². The molecular formula is C19H31NO. The third-order valence-corrected chi connectivity index (χ3v) is 4.46. The van der Waals surface area contributed by atoms with E-state index in [4.69, 9.17) is 0 Å². The standard InChI is InChI=1S/C19H31NO/c1-18(2,3)15-11-14(13-20-9-7-8-10-20)17(21)16(12-15)19(4,5)6/h11-12,21H,7-10,13H2,1-6H3. The first-order chi connectivity index (χ1) is 9.59. The van der Waals surface area contributed by atoms with E-state index in [1.165, 1.54) is 18.4 Å². The molecule has 0 atom stereocenters. The average Bonchev–Trinajstić information content (AvgIpc) is 2.81. The Morgan fingerprint density at radius 3 is 2.00 bits per heavy atom. The molecule has 2 rings (SSSR count). The van der Waals surface area contributed by atoms with Gasteiger partial charge >= 0.3 is 0 Å². The second-order valence-electron chi connectivity index (χ2n) is 8.51. The van der Waals surface area contributed by atoms with E-state index in [1.807, 2.05) is 0 Å². The molecule has 1 fully saturated rings. The van der Waals surface area contributed by atoms with Crippen molar-refractivity contribution in [2.24, 2.45) is 0 Å². The van der Waals surface area contributed by atoms with Crippen LogP contribution >= 0.6 is 0 Å². The molecular weight excluding hydrogens is 258 g/mol. The van der Waals surface area contributed by atoms with Gasteiger partial charge in [0.15, 0.2) is 0 Å². The van der Waals surface area contributed by atoms with Crippen LogP contribution in [0.2, 0.25) is 0 Å². The highest BCUT2D eigenvalue weighted by Crippen LogP contribution is 2.38. The van der Waals surface area contributed by atoms with Crippen molar-refractivity contribution < 1.29 is 5.11 Å². The first-order valence-corrected chi connectivity index (χ1v) is 8.18. The van der Waals surface area contributed by atoms with Crippen LogP contribution in [0, 0.1) is 0 Å². The molecule has 118 valence electrons. The molecule has 0 radical (unpaired) electrons. The Balaban J connectivity index is 2.46. The minimum absolute atomic E-state index is 0.0366. The van der Waals surface area contributed by atoms with Gasteiger partial charge in [-0.15, -0.1) is 0 Å². The molecule has 0 spiro atoms. The van der Waals surface area contributed by atoms with Gasteiger partial charge in [0.25, 0.3) is 0 Å². The Labute approximate surface area is 130 Å². The highest BCUT2D eigenvalue weighted by molar-refractivity contribution is 5.48. The Hall–Kier alpha value is -1.02. The summed E-state index contributed by atoms with van der Waals surface area (Å²) in [5, 5.41) is 10.7. The Bertz CT molecular complexity index is 500. The lowest BCUT2D eigenvalue weighted by Crippen LogP contribution is -2.21. The number of likely N-dealkylation sites (tertiary alicyclic amines) is 1. The first-order valence-electron chi connectivity index (χ1n) is 8.18. The molecule has 0 amide bonds. The quantitative estimate of drug-likeness (QED) is 0.861. The van der Waals surface area contributed by atoms with E-state index in [2.05, 4.69) is 58.6 Å². The summed E-state index contributed by atoms with van der Waals surface area (Å²) in [6, 6.07) is 4.41. The molecule has 1 aromatic rings. The summed E-state index contributed by atoms with van der Waals surface area (Å²) in [5.74, 6) is 0.502. The zero-order chi connectivity index (χ0) is 15.8. The summed E-state index contributed by atoms with van der Waals surface area (Å²) >= 11 is 0. The SMILES string of the molecule is CC(C)(C)c1cc(CN2CCCC2)c(O)c(C(C)(C)C)c1. The van der Waals surface area contributed by atoms with Crippen molar-refractivity contribution in [1.29, 1.82) is 0 Å². The number of phenolic OH excluding ortho intramolecular Hbond substituents is 1. The molecule has 2 nitrogen and oxygen atoms in total. The fourth-order valence-electron chi connectivity index (χ4n) is 3.00. The lowest BCUT2D eigenvalue weighted by molar-refractivity contribution is 0.322. The highest BCUT2D eigenvalue weighted by Gasteiger charge is 2.25. The maximum Gasteiger partial charge on any atom is 0.123 e. The maximum absolute atomic E-state index is 10.7. The van der Waals surface area contributed by atoms with Gasteiger partial charge in [-0.1, -0.05) is 53.7 Å². The van der Waals surface area contributed by atoms with Gasteiger partial charge in [0.1, 0.15) is 5.75 Å². The van der Waals surface area contributed by atoms with E-state index >= 15 is 0 Å². The number of phenols is 1. The minimum atomic E-state index is -0.0366. The van der Waals surface area contributed by atoms with Crippen LogP contribution in [0.1, 0.15) is 71.1 Å². The van der Waals surface area contributed by atoms with Crippen molar-refractivity contribution in [3.8, 4) is 5.75 Å². The molecule has 0 aliphatic carbocycles. The number of hydrogen-bond donors (Lipinski definition) is 1. The lowest BCUT2D eigenvalue weighted by atomic mass is 9.79. The van der Waals surface area contributed by atoms with Crippen molar-refractivity contribution >= 4 is 0 Å². The van der Waals surface area contributed by atoms with Gasteiger partial charge in [0.2, 0.25) is 0 Å². The highest BCUT2D eigenvalue weighted by atomic mass is 16.3. The molecule has 0 bridgehead atoms. The smallest absolute Gasteiger partial charge is 0.123 e. The van der Waals surface area contributed by atoms with Gasteiger partial charge < -0.3 is 5.11 Å². The molecule has 0 saturated carbocycles. The lowest BCUT2D eigenvalue weighted by Gasteiger charge is -2.28. The first kappa shape index (κ1) is 16.4. The normalized spacial score (nSPS) is 17.4. The van der Waals surface area contributed by atoms with Gasteiger partial charge in [-0.25, -0.2) is 0 Å². The molecule has 1 aliphatic rings. The third kappa shape index (κ3) is 3.79. The monoisotopic (exact) mass is 289 g/mol. The van der Waals surface area contributed by atoms with Crippen molar-refractivity contribution in [1.82, 2.24) is 4.90 Å². The largest absolute Gasteiger partial charge is 0.507 e. The molecule has 1 saturated heterocycles. The predicted molar refractivity (Wildman–Crippen MR) is 90.0 cm³/mol. The second kappa shape index (κ2) is 5.64. The molecule has 1 aliphatic heterocycles. The third-order valence-electron chi connectivity index (χ3n) is 4.46. The Morgan fingerprint density at radius 2 is 1.52 bits per heavy atom. The van der Waals surface area contributed by atoms with Crippen LogP contribution in [-0.2, 0) is 17.4 Å². The summed E-state index contributed by atoms with van der Waals surface area (Å²) in [4.78, 5) is 2.45. The molecule has 1 aromatic carbocycles. The molecule has 1 N–H and O–H groups in total. The molecule has 1 heterocycles. The van der Waals surface area contributed by atoms with Gasteiger partial charge in [-0.3, -0.25) is 4.90 Å². The van der Waals surface area contributed by atoms with E-state index in [0.29, 0.717) is 5.75 Å². The fourth-order valence-corrected chi connectivity index (χ4v) is 3.00. The van der Waals surface area contributed by atoms with E-state index in [0.717, 1.165) is 30.8 Å². The van der Waals surface area contributed by atoms with Crippen LogP contribution in [0.3, 0.4) is 0 Å². The van der Waals surface area contributed by atoms with E-state index < -0.39 is 0 Å². The summed E-state index contributed by atoms with van der Waals surface area (Å²) in [6.07, 6.45) is 2.57. The summed E-state index contributed by atoms with van der Waals surface area (Å²) in [7, 11) is 0.